The first kappa shape index (κ1) is 23.1. The Morgan fingerprint density at radius 1 is 1.21 bits per heavy atom. The fraction of sp³-hybridized carbons (Fsp3) is 0.545. The number of nitriles is 1. The third-order valence-electron chi connectivity index (χ3n) is 5.59. The second kappa shape index (κ2) is 9.10. The third-order valence-corrected chi connectivity index (χ3v) is 10.1. The summed E-state index contributed by atoms with van der Waals surface area (Å²) >= 11 is 0. The first-order chi connectivity index (χ1) is 13.5. The van der Waals surface area contributed by atoms with Gasteiger partial charge in [-0.05, 0) is 49.2 Å². The smallest absolute Gasteiger partial charge is 0.192 e. The van der Waals surface area contributed by atoms with E-state index in [1.165, 1.54) is 18.2 Å². The lowest BCUT2D eigenvalue weighted by Crippen LogP contribution is -2.41. The fourth-order valence-electron chi connectivity index (χ4n) is 2.80. The highest BCUT2D eigenvalue weighted by molar-refractivity contribution is 6.74. The Kier molecular flexibility index (Phi) is 7.25. The van der Waals surface area contributed by atoms with E-state index in [9.17, 15) is 9.65 Å². The van der Waals surface area contributed by atoms with Crippen molar-refractivity contribution in [3.8, 4) is 17.6 Å². The van der Waals surface area contributed by atoms with Crippen LogP contribution in [0, 0.1) is 17.1 Å². The molecule has 0 fully saturated rings. The molecule has 2 rings (SSSR count). The first-order valence-electron chi connectivity index (χ1n) is 10.1. The Labute approximate surface area is 174 Å². The largest absolute Gasteiger partial charge is 0.452 e. The lowest BCUT2D eigenvalue weighted by atomic mass is 10.2. The molecule has 0 spiro atoms. The van der Waals surface area contributed by atoms with Crippen LogP contribution in [0.5, 0.6) is 11.5 Å². The van der Waals surface area contributed by atoms with E-state index in [2.05, 4.69) is 33.9 Å². The van der Waals surface area contributed by atoms with Gasteiger partial charge in [0.25, 0.3) is 0 Å². The molecule has 29 heavy (non-hydrogen) atoms. The second-order valence-electron chi connectivity index (χ2n) is 8.62. The quantitative estimate of drug-likeness (QED) is 0.507. The minimum atomic E-state index is -1.82. The number of aryl methyl sites for hydroxylation is 1. The highest BCUT2D eigenvalue weighted by Crippen LogP contribution is 2.37. The molecule has 7 heteroatoms. The number of rotatable bonds is 8. The number of halogens is 1. The lowest BCUT2D eigenvalue weighted by Gasteiger charge is -2.36. The molecule has 0 N–H and O–H groups in total. The van der Waals surface area contributed by atoms with Crippen LogP contribution in [0.3, 0.4) is 0 Å². The standard InChI is InChI=1S/C22H32FN3O2Si/c1-8-18-21(28-20-11-10-17(23)14-16(20)15-24)19(9-2)26(25-18)12-13-27-29(6,7)22(3,4)5/h10-11,14H,8-9,12-13H2,1-7H3. The Balaban J connectivity index is 2.27. The number of hydrogen-bond acceptors (Lipinski definition) is 4. The van der Waals surface area contributed by atoms with Gasteiger partial charge in [0.05, 0.1) is 24.4 Å². The molecular weight excluding hydrogens is 385 g/mol. The maximum absolute atomic E-state index is 13.5. The zero-order valence-corrected chi connectivity index (χ0v) is 19.6. The Bertz CT molecular complexity index is 895. The van der Waals surface area contributed by atoms with Crippen LogP contribution in [-0.4, -0.2) is 24.7 Å². The van der Waals surface area contributed by atoms with E-state index in [1.807, 2.05) is 24.6 Å². The van der Waals surface area contributed by atoms with Crippen molar-refractivity contribution in [1.29, 1.82) is 5.26 Å². The minimum absolute atomic E-state index is 0.157. The van der Waals surface area contributed by atoms with Gasteiger partial charge < -0.3 is 9.16 Å². The SMILES string of the molecule is CCc1nn(CCO[Si](C)(C)C(C)(C)C)c(CC)c1Oc1ccc(F)cc1C#N. The van der Waals surface area contributed by atoms with Crippen molar-refractivity contribution >= 4 is 8.32 Å². The summed E-state index contributed by atoms with van der Waals surface area (Å²) in [6, 6.07) is 5.97. The number of aromatic nitrogens is 2. The molecule has 1 aromatic carbocycles. The minimum Gasteiger partial charge on any atom is -0.452 e. The molecule has 0 aliphatic carbocycles. The summed E-state index contributed by atoms with van der Waals surface area (Å²) in [4.78, 5) is 0. The van der Waals surface area contributed by atoms with Gasteiger partial charge >= 0.3 is 0 Å². The van der Waals surface area contributed by atoms with Gasteiger partial charge in [0.1, 0.15) is 23.3 Å². The third kappa shape index (κ3) is 5.25. The summed E-state index contributed by atoms with van der Waals surface area (Å²) in [6.07, 6.45) is 1.42. The second-order valence-corrected chi connectivity index (χ2v) is 13.4. The van der Waals surface area contributed by atoms with Crippen LogP contribution >= 0.6 is 0 Å². The first-order valence-corrected chi connectivity index (χ1v) is 13.0. The highest BCUT2D eigenvalue weighted by Gasteiger charge is 2.37. The summed E-state index contributed by atoms with van der Waals surface area (Å²) < 4.78 is 27.8. The van der Waals surface area contributed by atoms with Gasteiger partial charge in [-0.15, -0.1) is 0 Å². The van der Waals surface area contributed by atoms with E-state index in [-0.39, 0.29) is 10.6 Å². The summed E-state index contributed by atoms with van der Waals surface area (Å²) in [6.45, 7) is 16.4. The Hall–Kier alpha value is -2.17. The number of hydrogen-bond donors (Lipinski definition) is 0. The molecule has 0 atom stereocenters. The summed E-state index contributed by atoms with van der Waals surface area (Å²) in [5.74, 6) is 0.541. The topological polar surface area (TPSA) is 60.1 Å². The molecule has 0 bridgehead atoms. The zero-order valence-electron chi connectivity index (χ0n) is 18.6. The fourth-order valence-corrected chi connectivity index (χ4v) is 3.84. The Morgan fingerprint density at radius 2 is 1.90 bits per heavy atom. The van der Waals surface area contributed by atoms with Crippen molar-refractivity contribution in [2.45, 2.75) is 72.1 Å². The van der Waals surface area contributed by atoms with E-state index in [4.69, 9.17) is 14.3 Å². The van der Waals surface area contributed by atoms with Crippen molar-refractivity contribution in [1.82, 2.24) is 9.78 Å². The monoisotopic (exact) mass is 417 g/mol. The van der Waals surface area contributed by atoms with Gasteiger partial charge in [-0.25, -0.2) is 4.39 Å². The predicted octanol–water partition coefficient (Wildman–Crippen LogP) is 5.83. The molecule has 1 heterocycles. The van der Waals surface area contributed by atoms with Gasteiger partial charge in [-0.1, -0.05) is 34.6 Å². The maximum atomic E-state index is 13.5. The van der Waals surface area contributed by atoms with Crippen LogP contribution < -0.4 is 4.74 Å². The van der Waals surface area contributed by atoms with Gasteiger partial charge in [-0.2, -0.15) is 10.4 Å². The van der Waals surface area contributed by atoms with Gasteiger partial charge in [0, 0.05) is 0 Å². The summed E-state index contributed by atoms with van der Waals surface area (Å²) in [5, 5.41) is 14.2. The molecule has 2 aromatic rings. The van der Waals surface area contributed by atoms with Gasteiger partial charge in [0.15, 0.2) is 14.1 Å². The highest BCUT2D eigenvalue weighted by atomic mass is 28.4. The number of benzene rings is 1. The van der Waals surface area contributed by atoms with Crippen molar-refractivity contribution in [3.05, 3.63) is 41.0 Å². The van der Waals surface area contributed by atoms with Crippen LogP contribution in [0.4, 0.5) is 4.39 Å². The van der Waals surface area contributed by atoms with Gasteiger partial charge in [0.2, 0.25) is 0 Å². The van der Waals surface area contributed by atoms with Crippen LogP contribution in [0.1, 0.15) is 51.6 Å². The molecule has 0 unspecified atom stereocenters. The molecule has 0 aliphatic heterocycles. The van der Waals surface area contributed by atoms with E-state index in [1.54, 1.807) is 0 Å². The number of ether oxygens (including phenoxy) is 1. The number of nitrogens with zero attached hydrogens (tertiary/aromatic N) is 3. The molecule has 0 radical (unpaired) electrons. The van der Waals surface area contributed by atoms with Crippen molar-refractivity contribution in [2.75, 3.05) is 6.61 Å². The lowest BCUT2D eigenvalue weighted by molar-refractivity contribution is 0.264. The maximum Gasteiger partial charge on any atom is 0.192 e. The van der Waals surface area contributed by atoms with E-state index < -0.39 is 14.1 Å². The summed E-state index contributed by atoms with van der Waals surface area (Å²) in [5.41, 5.74) is 1.94. The molecule has 0 saturated carbocycles. The van der Waals surface area contributed by atoms with Crippen LogP contribution in [0.15, 0.2) is 18.2 Å². The summed E-state index contributed by atoms with van der Waals surface area (Å²) in [7, 11) is -1.82. The average molecular weight is 418 g/mol. The molecular formula is C22H32FN3O2Si. The van der Waals surface area contributed by atoms with Crippen molar-refractivity contribution in [2.24, 2.45) is 0 Å². The van der Waals surface area contributed by atoms with E-state index in [0.29, 0.717) is 31.1 Å². The molecule has 158 valence electrons. The van der Waals surface area contributed by atoms with Crippen molar-refractivity contribution < 1.29 is 13.6 Å². The molecule has 0 amide bonds. The van der Waals surface area contributed by atoms with E-state index in [0.717, 1.165) is 17.8 Å². The molecule has 1 aromatic heterocycles. The van der Waals surface area contributed by atoms with Crippen molar-refractivity contribution in [3.63, 3.8) is 0 Å². The normalized spacial score (nSPS) is 12.1. The van der Waals surface area contributed by atoms with Crippen LogP contribution in [0.25, 0.3) is 0 Å². The predicted molar refractivity (Wildman–Crippen MR) is 115 cm³/mol. The molecule has 0 aliphatic rings. The zero-order chi connectivity index (χ0) is 21.8. The van der Waals surface area contributed by atoms with E-state index >= 15 is 0 Å². The average Bonchev–Trinajstić information content (AvgIpc) is 2.98. The Morgan fingerprint density at radius 3 is 2.45 bits per heavy atom. The van der Waals surface area contributed by atoms with Crippen LogP contribution in [-0.2, 0) is 23.8 Å². The van der Waals surface area contributed by atoms with Gasteiger partial charge in [-0.3, -0.25) is 4.68 Å². The molecule has 5 nitrogen and oxygen atoms in total. The van der Waals surface area contributed by atoms with Crippen LogP contribution in [0.2, 0.25) is 18.1 Å². The molecule has 0 saturated heterocycles.